The third-order valence-electron chi connectivity index (χ3n) is 4.40. The number of aryl methyl sites for hydroxylation is 2. The quantitative estimate of drug-likeness (QED) is 0.431. The molecule has 0 atom stereocenters. The van der Waals surface area contributed by atoms with Crippen LogP contribution in [-0.4, -0.2) is 36.6 Å². The highest BCUT2D eigenvalue weighted by atomic mass is 16.6. The van der Waals surface area contributed by atoms with Crippen molar-refractivity contribution < 1.29 is 24.0 Å². The molecule has 0 radical (unpaired) electrons. The first kappa shape index (κ1) is 19.3. The monoisotopic (exact) mass is 384 g/mol. The molecular weight excluding hydrogens is 364 g/mol. The van der Waals surface area contributed by atoms with Gasteiger partial charge in [-0.05, 0) is 49.1 Å². The molecule has 0 aliphatic carbocycles. The van der Waals surface area contributed by atoms with Gasteiger partial charge < -0.3 is 14.4 Å². The summed E-state index contributed by atoms with van der Waals surface area (Å²) in [6.07, 6.45) is 1.34. The van der Waals surface area contributed by atoms with Crippen molar-refractivity contribution in [1.82, 2.24) is 0 Å². The topological polar surface area (TPSA) is 99.0 Å². The Bertz CT molecular complexity index is 911. The van der Waals surface area contributed by atoms with E-state index >= 15 is 0 Å². The first-order valence-electron chi connectivity index (χ1n) is 8.87. The lowest BCUT2D eigenvalue weighted by atomic mass is 10.0. The summed E-state index contributed by atoms with van der Waals surface area (Å²) in [5.41, 5.74) is 2.36. The van der Waals surface area contributed by atoms with Crippen LogP contribution < -0.4 is 9.64 Å². The molecule has 0 fully saturated rings. The van der Waals surface area contributed by atoms with E-state index < -0.39 is 17.5 Å². The molecule has 0 saturated carbocycles. The minimum atomic E-state index is -0.643. The summed E-state index contributed by atoms with van der Waals surface area (Å²) in [4.78, 5) is 36.3. The molecule has 3 rings (SSSR count). The van der Waals surface area contributed by atoms with E-state index in [1.54, 1.807) is 18.2 Å². The number of anilines is 1. The maximum Gasteiger partial charge on any atom is 0.344 e. The van der Waals surface area contributed by atoms with Crippen molar-refractivity contribution >= 4 is 23.3 Å². The molecule has 1 heterocycles. The first-order valence-corrected chi connectivity index (χ1v) is 8.87. The van der Waals surface area contributed by atoms with Gasteiger partial charge in [0.05, 0.1) is 4.92 Å². The molecule has 2 aromatic carbocycles. The van der Waals surface area contributed by atoms with Gasteiger partial charge in [0.15, 0.2) is 13.2 Å². The van der Waals surface area contributed by atoms with Gasteiger partial charge in [-0.3, -0.25) is 14.9 Å². The SMILES string of the molecule is Cc1cccc(OCC(=O)OCC(=O)N2CCCc3cc([N+](=O)[O-])ccc32)c1. The molecule has 0 aromatic heterocycles. The number of carbonyl (C=O) groups is 2. The Morgan fingerprint density at radius 1 is 1.18 bits per heavy atom. The molecule has 0 N–H and O–H groups in total. The predicted molar refractivity (Wildman–Crippen MR) is 101 cm³/mol. The van der Waals surface area contributed by atoms with Gasteiger partial charge >= 0.3 is 5.97 Å². The molecule has 146 valence electrons. The fraction of sp³-hybridized carbons (Fsp3) is 0.300. The molecule has 0 saturated heterocycles. The number of non-ortho nitro benzene ring substituents is 1. The lowest BCUT2D eigenvalue weighted by Crippen LogP contribution is -2.38. The van der Waals surface area contributed by atoms with E-state index in [0.717, 1.165) is 11.1 Å². The lowest BCUT2D eigenvalue weighted by molar-refractivity contribution is -0.384. The molecule has 0 spiro atoms. The highest BCUT2D eigenvalue weighted by Crippen LogP contribution is 2.30. The van der Waals surface area contributed by atoms with Gasteiger partial charge in [0.25, 0.3) is 11.6 Å². The second-order valence-corrected chi connectivity index (χ2v) is 6.48. The van der Waals surface area contributed by atoms with Crippen LogP contribution in [0.5, 0.6) is 5.75 Å². The van der Waals surface area contributed by atoms with E-state index in [2.05, 4.69) is 0 Å². The van der Waals surface area contributed by atoms with Crippen molar-refractivity contribution in [3.63, 3.8) is 0 Å². The maximum absolute atomic E-state index is 12.5. The number of hydrogen-bond acceptors (Lipinski definition) is 6. The smallest absolute Gasteiger partial charge is 0.344 e. The summed E-state index contributed by atoms with van der Waals surface area (Å²) in [5.74, 6) is -0.468. The summed E-state index contributed by atoms with van der Waals surface area (Å²) >= 11 is 0. The van der Waals surface area contributed by atoms with Crippen molar-refractivity contribution in [2.45, 2.75) is 19.8 Å². The van der Waals surface area contributed by atoms with Crippen molar-refractivity contribution in [3.05, 3.63) is 63.7 Å². The van der Waals surface area contributed by atoms with E-state index in [1.807, 2.05) is 19.1 Å². The molecule has 0 unspecified atom stereocenters. The number of benzene rings is 2. The van der Waals surface area contributed by atoms with Crippen LogP contribution in [0.1, 0.15) is 17.5 Å². The van der Waals surface area contributed by atoms with Gasteiger partial charge in [0, 0.05) is 24.4 Å². The highest BCUT2D eigenvalue weighted by molar-refractivity contribution is 5.96. The third kappa shape index (κ3) is 4.64. The lowest BCUT2D eigenvalue weighted by Gasteiger charge is -2.29. The van der Waals surface area contributed by atoms with Gasteiger partial charge in [-0.15, -0.1) is 0 Å². The minimum absolute atomic E-state index is 0.00669. The number of nitrogens with zero attached hydrogens (tertiary/aromatic N) is 2. The number of rotatable bonds is 6. The number of hydrogen-bond donors (Lipinski definition) is 0. The van der Waals surface area contributed by atoms with Crippen LogP contribution in [0, 0.1) is 17.0 Å². The van der Waals surface area contributed by atoms with Gasteiger partial charge in [-0.25, -0.2) is 4.79 Å². The average molecular weight is 384 g/mol. The van der Waals surface area contributed by atoms with E-state index in [4.69, 9.17) is 9.47 Å². The van der Waals surface area contributed by atoms with Crippen LogP contribution in [0.4, 0.5) is 11.4 Å². The van der Waals surface area contributed by atoms with Gasteiger partial charge in [-0.2, -0.15) is 0 Å². The molecule has 1 amide bonds. The maximum atomic E-state index is 12.5. The number of carbonyl (C=O) groups excluding carboxylic acids is 2. The average Bonchev–Trinajstić information content (AvgIpc) is 2.69. The fourth-order valence-corrected chi connectivity index (χ4v) is 3.07. The van der Waals surface area contributed by atoms with Gasteiger partial charge in [-0.1, -0.05) is 12.1 Å². The van der Waals surface area contributed by atoms with Crippen molar-refractivity contribution in [1.29, 1.82) is 0 Å². The van der Waals surface area contributed by atoms with Crippen molar-refractivity contribution in [2.75, 3.05) is 24.7 Å². The van der Waals surface area contributed by atoms with Crippen LogP contribution in [0.2, 0.25) is 0 Å². The number of nitro groups is 1. The zero-order valence-corrected chi connectivity index (χ0v) is 15.4. The normalized spacial score (nSPS) is 12.8. The Morgan fingerprint density at radius 3 is 2.75 bits per heavy atom. The first-order chi connectivity index (χ1) is 13.4. The molecule has 8 nitrogen and oxygen atoms in total. The third-order valence-corrected chi connectivity index (χ3v) is 4.40. The Labute approximate surface area is 161 Å². The van der Waals surface area contributed by atoms with Gasteiger partial charge in [0.2, 0.25) is 0 Å². The molecule has 8 heteroatoms. The second kappa shape index (κ2) is 8.51. The number of nitro benzene ring substituents is 1. The van der Waals surface area contributed by atoms with Gasteiger partial charge in [0.1, 0.15) is 5.75 Å². The molecule has 1 aliphatic rings. The number of ether oxygens (including phenoxy) is 2. The zero-order valence-electron chi connectivity index (χ0n) is 15.4. The summed E-state index contributed by atoms with van der Waals surface area (Å²) < 4.78 is 10.4. The zero-order chi connectivity index (χ0) is 20.1. The summed E-state index contributed by atoms with van der Waals surface area (Å²) in [6.45, 7) is 1.68. The van der Waals surface area contributed by atoms with Crippen LogP contribution in [-0.2, 0) is 20.7 Å². The number of fused-ring (bicyclic) bond motifs is 1. The van der Waals surface area contributed by atoms with E-state index in [9.17, 15) is 19.7 Å². The molecule has 28 heavy (non-hydrogen) atoms. The van der Waals surface area contributed by atoms with E-state index in [-0.39, 0.29) is 18.2 Å². The molecule has 0 bridgehead atoms. The van der Waals surface area contributed by atoms with Crippen molar-refractivity contribution in [3.8, 4) is 5.75 Å². The van der Waals surface area contributed by atoms with E-state index in [1.165, 1.54) is 17.0 Å². The Morgan fingerprint density at radius 2 is 2.00 bits per heavy atom. The summed E-state index contributed by atoms with van der Waals surface area (Å²) in [6, 6.07) is 11.7. The van der Waals surface area contributed by atoms with Crippen LogP contribution in [0.25, 0.3) is 0 Å². The standard InChI is InChI=1S/C20H20N2O6/c1-14-4-2-6-17(10-14)27-13-20(24)28-12-19(23)21-9-3-5-15-11-16(22(25)26)7-8-18(15)21/h2,4,6-8,10-11H,3,5,9,12-13H2,1H3. The van der Waals surface area contributed by atoms with E-state index in [0.29, 0.717) is 30.8 Å². The molecule has 2 aromatic rings. The summed E-state index contributed by atoms with van der Waals surface area (Å²) in [5, 5.41) is 10.9. The molecule has 1 aliphatic heterocycles. The Balaban J connectivity index is 1.55. The minimum Gasteiger partial charge on any atom is -0.482 e. The number of esters is 1. The molecular formula is C20H20N2O6. The Hall–Kier alpha value is -3.42. The fourth-order valence-electron chi connectivity index (χ4n) is 3.07. The van der Waals surface area contributed by atoms with Crippen LogP contribution >= 0.6 is 0 Å². The largest absolute Gasteiger partial charge is 0.482 e. The Kier molecular flexibility index (Phi) is 5.88. The summed E-state index contributed by atoms with van der Waals surface area (Å²) in [7, 11) is 0. The highest BCUT2D eigenvalue weighted by Gasteiger charge is 2.25. The number of amides is 1. The predicted octanol–water partition coefficient (Wildman–Crippen LogP) is 2.80. The second-order valence-electron chi connectivity index (χ2n) is 6.48. The van der Waals surface area contributed by atoms with Crippen LogP contribution in [0.15, 0.2) is 42.5 Å². The van der Waals surface area contributed by atoms with Crippen LogP contribution in [0.3, 0.4) is 0 Å². The van der Waals surface area contributed by atoms with Crippen molar-refractivity contribution in [2.24, 2.45) is 0 Å².